The molecule has 1 aliphatic carbocycles. The molecule has 0 radical (unpaired) electrons. The second-order valence-corrected chi connectivity index (χ2v) is 5.90. The summed E-state index contributed by atoms with van der Waals surface area (Å²) in [5.74, 6) is 0. The topological polar surface area (TPSA) is 64.4 Å². The fourth-order valence-corrected chi connectivity index (χ4v) is 2.78. The second kappa shape index (κ2) is 5.40. The molecule has 1 N–H and O–H groups in total. The monoisotopic (exact) mass is 278 g/mol. The van der Waals surface area contributed by atoms with Crippen LogP contribution in [0, 0.1) is 22.5 Å². The minimum Gasteiger partial charge on any atom is -0.381 e. The molecule has 0 aromatic heterocycles. The molecule has 5 heteroatoms. The van der Waals surface area contributed by atoms with Crippen LogP contribution in [0.2, 0.25) is 0 Å². The summed E-state index contributed by atoms with van der Waals surface area (Å²) in [7, 11) is 0. The number of nitrogens with zero attached hydrogens (tertiary/aromatic N) is 1. The van der Waals surface area contributed by atoms with Crippen LogP contribution in [-0.2, 0) is 4.74 Å². The quantitative estimate of drug-likeness (QED) is 0.661. The standard InChI is InChI=1S/C15H22N2O3/c1-5-20-14-9-13(15(14,3)4)16-11-7-6-8-12(10(11)2)17(18)19/h6-8,13-14,16H,5,9H2,1-4H3. The van der Waals surface area contributed by atoms with Gasteiger partial charge in [0.15, 0.2) is 0 Å². The Labute approximate surface area is 119 Å². The Hall–Kier alpha value is -1.62. The van der Waals surface area contributed by atoms with Crippen molar-refractivity contribution in [3.05, 3.63) is 33.9 Å². The van der Waals surface area contributed by atoms with E-state index in [0.717, 1.165) is 18.7 Å². The van der Waals surface area contributed by atoms with Crippen LogP contribution in [0.25, 0.3) is 0 Å². The van der Waals surface area contributed by atoms with Crippen molar-refractivity contribution in [1.29, 1.82) is 0 Å². The van der Waals surface area contributed by atoms with Crippen LogP contribution in [0.5, 0.6) is 0 Å². The highest BCUT2D eigenvalue weighted by atomic mass is 16.6. The van der Waals surface area contributed by atoms with Crippen LogP contribution in [0.1, 0.15) is 32.8 Å². The highest BCUT2D eigenvalue weighted by molar-refractivity contribution is 5.60. The summed E-state index contributed by atoms with van der Waals surface area (Å²) in [5.41, 5.74) is 1.72. The van der Waals surface area contributed by atoms with E-state index in [9.17, 15) is 10.1 Å². The van der Waals surface area contributed by atoms with E-state index in [-0.39, 0.29) is 28.2 Å². The van der Waals surface area contributed by atoms with Gasteiger partial charge in [-0.3, -0.25) is 10.1 Å². The normalized spacial score (nSPS) is 24.0. The SMILES string of the molecule is CCOC1CC(Nc2cccc([N+](=O)[O-])c2C)C1(C)C. The zero-order valence-corrected chi connectivity index (χ0v) is 12.5. The zero-order chi connectivity index (χ0) is 14.9. The van der Waals surface area contributed by atoms with Gasteiger partial charge < -0.3 is 10.1 Å². The molecule has 2 atom stereocenters. The van der Waals surface area contributed by atoms with Gasteiger partial charge in [0.1, 0.15) is 0 Å². The molecule has 1 aromatic carbocycles. The Kier molecular flexibility index (Phi) is 3.99. The average molecular weight is 278 g/mol. The predicted molar refractivity (Wildman–Crippen MR) is 79.1 cm³/mol. The number of anilines is 1. The average Bonchev–Trinajstić information content (AvgIpc) is 2.39. The summed E-state index contributed by atoms with van der Waals surface area (Å²) in [4.78, 5) is 10.6. The fourth-order valence-electron chi connectivity index (χ4n) is 2.78. The smallest absolute Gasteiger partial charge is 0.274 e. The summed E-state index contributed by atoms with van der Waals surface area (Å²) in [6.45, 7) is 8.84. The maximum Gasteiger partial charge on any atom is 0.274 e. The van der Waals surface area contributed by atoms with Gasteiger partial charge in [0.25, 0.3) is 5.69 Å². The molecule has 1 aliphatic rings. The van der Waals surface area contributed by atoms with Crippen LogP contribution >= 0.6 is 0 Å². The van der Waals surface area contributed by atoms with Crippen molar-refractivity contribution >= 4 is 11.4 Å². The van der Waals surface area contributed by atoms with Gasteiger partial charge in [-0.05, 0) is 26.3 Å². The lowest BCUT2D eigenvalue weighted by molar-refractivity contribution is -0.385. The largest absolute Gasteiger partial charge is 0.381 e. The maximum atomic E-state index is 11.0. The molecular formula is C15H22N2O3. The molecule has 110 valence electrons. The lowest BCUT2D eigenvalue weighted by atomic mass is 9.64. The highest BCUT2D eigenvalue weighted by Gasteiger charge is 2.49. The fraction of sp³-hybridized carbons (Fsp3) is 0.600. The van der Waals surface area contributed by atoms with Gasteiger partial charge in [-0.1, -0.05) is 19.9 Å². The van der Waals surface area contributed by atoms with E-state index in [1.165, 1.54) is 6.07 Å². The van der Waals surface area contributed by atoms with Gasteiger partial charge in [0.2, 0.25) is 0 Å². The van der Waals surface area contributed by atoms with Crippen molar-refractivity contribution in [3.63, 3.8) is 0 Å². The van der Waals surface area contributed by atoms with Crippen molar-refractivity contribution in [1.82, 2.24) is 0 Å². The van der Waals surface area contributed by atoms with Crippen LogP contribution in [0.3, 0.4) is 0 Å². The van der Waals surface area contributed by atoms with Gasteiger partial charge >= 0.3 is 0 Å². The van der Waals surface area contributed by atoms with Gasteiger partial charge in [-0.2, -0.15) is 0 Å². The first-order valence-electron chi connectivity index (χ1n) is 7.00. The van der Waals surface area contributed by atoms with Crippen molar-refractivity contribution in [2.24, 2.45) is 5.41 Å². The molecule has 1 fully saturated rings. The van der Waals surface area contributed by atoms with Crippen molar-refractivity contribution < 1.29 is 9.66 Å². The second-order valence-electron chi connectivity index (χ2n) is 5.90. The van der Waals surface area contributed by atoms with E-state index in [1.54, 1.807) is 13.0 Å². The summed E-state index contributed by atoms with van der Waals surface area (Å²) in [5, 5.41) is 14.4. The lowest BCUT2D eigenvalue weighted by Gasteiger charge is -2.52. The zero-order valence-electron chi connectivity index (χ0n) is 12.5. The Bertz CT molecular complexity index is 514. The first kappa shape index (κ1) is 14.8. The number of hydrogen-bond acceptors (Lipinski definition) is 4. The maximum absolute atomic E-state index is 11.0. The number of benzene rings is 1. The molecule has 5 nitrogen and oxygen atoms in total. The van der Waals surface area contributed by atoms with Crippen molar-refractivity contribution in [2.75, 3.05) is 11.9 Å². The molecule has 0 aliphatic heterocycles. The van der Waals surface area contributed by atoms with E-state index < -0.39 is 0 Å². The number of hydrogen-bond donors (Lipinski definition) is 1. The number of ether oxygens (including phenoxy) is 1. The van der Waals surface area contributed by atoms with Crippen LogP contribution < -0.4 is 5.32 Å². The predicted octanol–water partition coefficient (Wildman–Crippen LogP) is 3.52. The van der Waals surface area contributed by atoms with E-state index >= 15 is 0 Å². The van der Waals surface area contributed by atoms with Gasteiger partial charge in [-0.15, -0.1) is 0 Å². The van der Waals surface area contributed by atoms with Crippen molar-refractivity contribution in [2.45, 2.75) is 46.3 Å². The number of nitrogens with one attached hydrogen (secondary N) is 1. The van der Waals surface area contributed by atoms with E-state index in [0.29, 0.717) is 5.56 Å². The van der Waals surface area contributed by atoms with E-state index in [1.807, 2.05) is 13.0 Å². The molecule has 0 amide bonds. The number of nitro groups is 1. The first-order valence-corrected chi connectivity index (χ1v) is 7.00. The van der Waals surface area contributed by atoms with Gasteiger partial charge in [-0.25, -0.2) is 0 Å². The third kappa shape index (κ3) is 2.50. The third-order valence-corrected chi connectivity index (χ3v) is 4.38. The lowest BCUT2D eigenvalue weighted by Crippen LogP contribution is -2.58. The molecule has 2 rings (SSSR count). The molecule has 0 bridgehead atoms. The molecule has 1 saturated carbocycles. The Morgan fingerprint density at radius 1 is 1.50 bits per heavy atom. The van der Waals surface area contributed by atoms with Crippen LogP contribution in [0.15, 0.2) is 18.2 Å². The van der Waals surface area contributed by atoms with Crippen molar-refractivity contribution in [3.8, 4) is 0 Å². The molecule has 0 heterocycles. The molecular weight excluding hydrogens is 256 g/mol. The van der Waals surface area contributed by atoms with Gasteiger partial charge in [0.05, 0.1) is 11.0 Å². The Morgan fingerprint density at radius 3 is 2.75 bits per heavy atom. The Balaban J connectivity index is 2.13. The van der Waals surface area contributed by atoms with Crippen LogP contribution in [-0.4, -0.2) is 23.7 Å². The first-order chi connectivity index (χ1) is 9.37. The number of rotatable bonds is 5. The summed E-state index contributed by atoms with van der Waals surface area (Å²) >= 11 is 0. The molecule has 2 unspecified atom stereocenters. The van der Waals surface area contributed by atoms with Gasteiger partial charge in [0, 0.05) is 35.4 Å². The summed E-state index contributed by atoms with van der Waals surface area (Å²) in [6.07, 6.45) is 1.19. The molecule has 1 aromatic rings. The summed E-state index contributed by atoms with van der Waals surface area (Å²) < 4.78 is 5.70. The minimum absolute atomic E-state index is 0.0348. The molecule has 20 heavy (non-hydrogen) atoms. The Morgan fingerprint density at radius 2 is 2.20 bits per heavy atom. The number of nitro benzene ring substituents is 1. The third-order valence-electron chi connectivity index (χ3n) is 4.38. The summed E-state index contributed by atoms with van der Waals surface area (Å²) in [6, 6.07) is 5.43. The highest BCUT2D eigenvalue weighted by Crippen LogP contribution is 2.44. The molecule has 0 saturated heterocycles. The minimum atomic E-state index is -0.338. The van der Waals surface area contributed by atoms with E-state index in [4.69, 9.17) is 4.74 Å². The van der Waals surface area contributed by atoms with E-state index in [2.05, 4.69) is 19.2 Å². The molecule has 0 spiro atoms. The van der Waals surface area contributed by atoms with Crippen LogP contribution in [0.4, 0.5) is 11.4 Å².